The molecule has 26 heavy (non-hydrogen) atoms. The number of aromatic amines is 1. The summed E-state index contributed by atoms with van der Waals surface area (Å²) in [5.41, 5.74) is 4.79. The number of anilines is 1. The van der Waals surface area contributed by atoms with Gasteiger partial charge < -0.3 is 9.88 Å². The van der Waals surface area contributed by atoms with E-state index in [1.54, 1.807) is 6.07 Å². The van der Waals surface area contributed by atoms with Crippen LogP contribution in [0.25, 0.3) is 10.9 Å². The van der Waals surface area contributed by atoms with Crippen molar-refractivity contribution in [1.29, 1.82) is 0 Å². The van der Waals surface area contributed by atoms with Crippen molar-refractivity contribution in [3.05, 3.63) is 65.6 Å². The van der Waals surface area contributed by atoms with Gasteiger partial charge in [-0.05, 0) is 62.2 Å². The van der Waals surface area contributed by atoms with Gasteiger partial charge >= 0.3 is 0 Å². The van der Waals surface area contributed by atoms with Crippen molar-refractivity contribution >= 4 is 16.6 Å². The molecule has 4 rings (SSSR count). The van der Waals surface area contributed by atoms with Crippen LogP contribution in [0, 0.1) is 12.7 Å². The molecule has 0 aliphatic carbocycles. The minimum atomic E-state index is -0.158. The maximum Gasteiger partial charge on any atom is 0.123 e. The van der Waals surface area contributed by atoms with E-state index in [-0.39, 0.29) is 5.82 Å². The molecule has 0 atom stereocenters. The second-order valence-corrected chi connectivity index (χ2v) is 7.19. The van der Waals surface area contributed by atoms with Gasteiger partial charge in [-0.15, -0.1) is 0 Å². The van der Waals surface area contributed by atoms with E-state index in [9.17, 15) is 4.39 Å². The number of H-pyrrole nitrogens is 1. The highest BCUT2D eigenvalue weighted by atomic mass is 19.1. The molecule has 136 valence electrons. The van der Waals surface area contributed by atoms with Crippen molar-refractivity contribution in [2.24, 2.45) is 0 Å². The Morgan fingerprint density at radius 3 is 2.54 bits per heavy atom. The van der Waals surface area contributed by atoms with E-state index in [0.717, 1.165) is 56.5 Å². The predicted molar refractivity (Wildman–Crippen MR) is 106 cm³/mol. The van der Waals surface area contributed by atoms with Gasteiger partial charge in [0.05, 0.1) is 0 Å². The molecule has 1 fully saturated rings. The second kappa shape index (κ2) is 7.50. The van der Waals surface area contributed by atoms with Crippen molar-refractivity contribution in [3.8, 4) is 0 Å². The fourth-order valence-corrected chi connectivity index (χ4v) is 4.02. The molecule has 0 unspecified atom stereocenters. The van der Waals surface area contributed by atoms with Crippen molar-refractivity contribution in [2.75, 3.05) is 37.6 Å². The molecule has 3 aromatic rings. The number of hydrogen-bond donors (Lipinski definition) is 1. The Hall–Kier alpha value is -2.33. The lowest BCUT2D eigenvalue weighted by Crippen LogP contribution is -2.46. The minimum absolute atomic E-state index is 0.158. The number of rotatable bonds is 5. The summed E-state index contributed by atoms with van der Waals surface area (Å²) in [4.78, 5) is 8.39. The number of aromatic nitrogens is 1. The highest BCUT2D eigenvalue weighted by Crippen LogP contribution is 2.24. The van der Waals surface area contributed by atoms with Crippen LogP contribution in [-0.2, 0) is 6.42 Å². The van der Waals surface area contributed by atoms with Crippen LogP contribution >= 0.6 is 0 Å². The highest BCUT2D eigenvalue weighted by molar-refractivity contribution is 5.84. The lowest BCUT2D eigenvalue weighted by molar-refractivity contribution is 0.255. The monoisotopic (exact) mass is 351 g/mol. The summed E-state index contributed by atoms with van der Waals surface area (Å²) in [6, 6.07) is 15.7. The average molecular weight is 351 g/mol. The molecular formula is C22H26FN3. The Bertz CT molecular complexity index is 864. The lowest BCUT2D eigenvalue weighted by Gasteiger charge is -2.36. The van der Waals surface area contributed by atoms with E-state index in [4.69, 9.17) is 0 Å². The highest BCUT2D eigenvalue weighted by Gasteiger charge is 2.17. The number of para-hydroxylation sites is 1. The van der Waals surface area contributed by atoms with Crippen molar-refractivity contribution in [3.63, 3.8) is 0 Å². The largest absolute Gasteiger partial charge is 0.369 e. The molecule has 4 heteroatoms. The van der Waals surface area contributed by atoms with Crippen LogP contribution in [0.3, 0.4) is 0 Å². The van der Waals surface area contributed by atoms with Gasteiger partial charge in [0.25, 0.3) is 0 Å². The molecule has 0 amide bonds. The summed E-state index contributed by atoms with van der Waals surface area (Å²) >= 11 is 0. The molecule has 1 aliphatic heterocycles. The van der Waals surface area contributed by atoms with Crippen LogP contribution in [-0.4, -0.2) is 42.6 Å². The lowest BCUT2D eigenvalue weighted by atomic mass is 10.1. The number of piperazine rings is 1. The molecule has 0 spiro atoms. The van der Waals surface area contributed by atoms with Crippen LogP contribution in [0.4, 0.5) is 10.1 Å². The molecule has 0 bridgehead atoms. The van der Waals surface area contributed by atoms with Crippen LogP contribution in [0.5, 0.6) is 0 Å². The Balaban J connectivity index is 1.31. The zero-order chi connectivity index (χ0) is 17.9. The first-order valence-electron chi connectivity index (χ1n) is 9.50. The fourth-order valence-electron chi connectivity index (χ4n) is 4.02. The van der Waals surface area contributed by atoms with E-state index in [1.807, 2.05) is 6.07 Å². The molecular weight excluding hydrogens is 325 g/mol. The maximum absolute atomic E-state index is 13.6. The number of hydrogen-bond acceptors (Lipinski definition) is 2. The summed E-state index contributed by atoms with van der Waals surface area (Å²) < 4.78 is 13.6. The predicted octanol–water partition coefficient (Wildman–Crippen LogP) is 4.37. The zero-order valence-corrected chi connectivity index (χ0v) is 15.3. The topological polar surface area (TPSA) is 22.3 Å². The first-order chi connectivity index (χ1) is 12.7. The molecule has 1 N–H and O–H groups in total. The summed E-state index contributed by atoms with van der Waals surface area (Å²) in [6.45, 7) is 7.57. The number of fused-ring (bicyclic) bond motifs is 1. The molecule has 1 saturated heterocycles. The van der Waals surface area contributed by atoms with Crippen LogP contribution < -0.4 is 4.90 Å². The van der Waals surface area contributed by atoms with Gasteiger partial charge in [-0.25, -0.2) is 4.39 Å². The summed E-state index contributed by atoms with van der Waals surface area (Å²) in [7, 11) is 0. The Kier molecular flexibility index (Phi) is 4.93. The summed E-state index contributed by atoms with van der Waals surface area (Å²) in [6.07, 6.45) is 2.10. The average Bonchev–Trinajstić information content (AvgIpc) is 2.98. The van der Waals surface area contributed by atoms with E-state index >= 15 is 0 Å². The normalized spacial score (nSPS) is 15.7. The van der Waals surface area contributed by atoms with Crippen molar-refractivity contribution in [1.82, 2.24) is 9.88 Å². The molecule has 1 aliphatic rings. The van der Waals surface area contributed by atoms with Crippen LogP contribution in [0.2, 0.25) is 0 Å². The second-order valence-electron chi connectivity index (χ2n) is 7.19. The van der Waals surface area contributed by atoms with Gasteiger partial charge in [0.15, 0.2) is 0 Å². The number of nitrogens with one attached hydrogen (secondary N) is 1. The minimum Gasteiger partial charge on any atom is -0.369 e. The number of halogens is 1. The van der Waals surface area contributed by atoms with Crippen LogP contribution in [0.15, 0.2) is 48.5 Å². The standard InChI is InChI=1S/C22H26FN3/c1-17-20(21-16-18(23)9-10-22(21)24-17)8-5-11-25-12-14-26(15-13-25)19-6-3-2-4-7-19/h2-4,6-7,9-10,16,24H,5,8,11-15H2,1H3. The molecule has 1 aromatic heterocycles. The number of aryl methyl sites for hydroxylation is 2. The quantitative estimate of drug-likeness (QED) is 0.737. The number of benzene rings is 2. The van der Waals surface area contributed by atoms with Gasteiger partial charge in [-0.2, -0.15) is 0 Å². The van der Waals surface area contributed by atoms with Gasteiger partial charge in [0, 0.05) is 48.5 Å². The molecule has 2 aromatic carbocycles. The third kappa shape index (κ3) is 3.61. The van der Waals surface area contributed by atoms with E-state index in [2.05, 4.69) is 52.0 Å². The van der Waals surface area contributed by atoms with Crippen LogP contribution in [0.1, 0.15) is 17.7 Å². The zero-order valence-electron chi connectivity index (χ0n) is 15.3. The maximum atomic E-state index is 13.6. The van der Waals surface area contributed by atoms with Gasteiger partial charge in [0.2, 0.25) is 0 Å². The summed E-state index contributed by atoms with van der Waals surface area (Å²) in [5.74, 6) is -0.158. The molecule has 0 radical (unpaired) electrons. The smallest absolute Gasteiger partial charge is 0.123 e. The SMILES string of the molecule is Cc1[nH]c2ccc(F)cc2c1CCCN1CCN(c2ccccc2)CC1. The van der Waals surface area contributed by atoms with Gasteiger partial charge in [-0.1, -0.05) is 18.2 Å². The van der Waals surface area contributed by atoms with E-state index < -0.39 is 0 Å². The van der Waals surface area contributed by atoms with Gasteiger partial charge in [0.1, 0.15) is 5.82 Å². The Labute approximate surface area is 154 Å². The summed E-state index contributed by atoms with van der Waals surface area (Å²) in [5, 5.41) is 1.04. The molecule has 3 nitrogen and oxygen atoms in total. The third-order valence-corrected chi connectivity index (χ3v) is 5.48. The van der Waals surface area contributed by atoms with E-state index in [1.165, 1.54) is 23.0 Å². The Morgan fingerprint density at radius 2 is 1.77 bits per heavy atom. The molecule has 0 saturated carbocycles. The Morgan fingerprint density at radius 1 is 1.00 bits per heavy atom. The van der Waals surface area contributed by atoms with Crippen molar-refractivity contribution in [2.45, 2.75) is 19.8 Å². The van der Waals surface area contributed by atoms with Crippen molar-refractivity contribution < 1.29 is 4.39 Å². The first-order valence-corrected chi connectivity index (χ1v) is 9.50. The first kappa shape index (κ1) is 17.1. The third-order valence-electron chi connectivity index (χ3n) is 5.48. The van der Waals surface area contributed by atoms with Gasteiger partial charge in [-0.3, -0.25) is 4.90 Å². The fraction of sp³-hybridized carbons (Fsp3) is 0.364. The number of nitrogens with zero attached hydrogens (tertiary/aromatic N) is 2. The van der Waals surface area contributed by atoms with E-state index in [0.29, 0.717) is 0 Å². The molecule has 2 heterocycles.